The van der Waals surface area contributed by atoms with Gasteiger partial charge in [0.25, 0.3) is 5.82 Å². The van der Waals surface area contributed by atoms with Crippen LogP contribution in [0.5, 0.6) is 0 Å². The van der Waals surface area contributed by atoms with Gasteiger partial charge >= 0.3 is 6.18 Å². The minimum absolute atomic E-state index is 0.146. The van der Waals surface area contributed by atoms with Gasteiger partial charge in [-0.3, -0.25) is 0 Å². The third-order valence-corrected chi connectivity index (χ3v) is 2.87. The van der Waals surface area contributed by atoms with Crippen LogP contribution in [0.1, 0.15) is 25.1 Å². The molecule has 0 unspecified atom stereocenters. The normalized spacial score (nSPS) is 20.7. The first-order chi connectivity index (χ1) is 8.48. The van der Waals surface area contributed by atoms with Gasteiger partial charge < -0.3 is 0 Å². The number of aromatic amines is 1. The molecule has 1 N–H and O–H groups in total. The third kappa shape index (κ3) is 2.87. The van der Waals surface area contributed by atoms with Gasteiger partial charge in [0.2, 0.25) is 4.77 Å². The van der Waals surface area contributed by atoms with E-state index in [0.717, 1.165) is 19.3 Å². The number of nitrogens with one attached hydrogen (secondary N) is 1. The van der Waals surface area contributed by atoms with Crippen LogP contribution in [0.3, 0.4) is 0 Å². The zero-order valence-corrected chi connectivity index (χ0v) is 10.1. The predicted molar refractivity (Wildman–Crippen MR) is 62.8 cm³/mol. The highest BCUT2D eigenvalue weighted by Crippen LogP contribution is 2.27. The molecule has 0 fully saturated rings. The molecule has 1 aliphatic carbocycles. The first kappa shape index (κ1) is 13.0. The molecule has 0 aliphatic heterocycles. The van der Waals surface area contributed by atoms with Gasteiger partial charge in [-0.2, -0.15) is 22.9 Å². The van der Waals surface area contributed by atoms with Crippen molar-refractivity contribution in [2.24, 2.45) is 11.0 Å². The molecule has 18 heavy (non-hydrogen) atoms. The Hall–Kier alpha value is -1.44. The average molecular weight is 276 g/mol. The molecule has 0 aromatic carbocycles. The Labute approximate surface area is 106 Å². The summed E-state index contributed by atoms with van der Waals surface area (Å²) in [5.41, 5.74) is 0. The lowest BCUT2D eigenvalue weighted by Gasteiger charge is -2.12. The summed E-state index contributed by atoms with van der Waals surface area (Å²) in [6.07, 6.45) is 3.57. The fraction of sp³-hybridized carbons (Fsp3) is 0.500. The Morgan fingerprint density at radius 1 is 1.50 bits per heavy atom. The maximum Gasteiger partial charge on any atom is 0.453 e. The number of hydrogen-bond donors (Lipinski definition) is 1. The van der Waals surface area contributed by atoms with E-state index < -0.39 is 12.0 Å². The van der Waals surface area contributed by atoms with Crippen molar-refractivity contribution in [1.82, 2.24) is 14.9 Å². The van der Waals surface area contributed by atoms with Crippen LogP contribution in [0.15, 0.2) is 17.3 Å². The van der Waals surface area contributed by atoms with E-state index in [-0.39, 0.29) is 10.7 Å². The topological polar surface area (TPSA) is 46.0 Å². The van der Waals surface area contributed by atoms with Gasteiger partial charge in [0, 0.05) is 6.21 Å². The van der Waals surface area contributed by atoms with Crippen LogP contribution in [0.25, 0.3) is 0 Å². The van der Waals surface area contributed by atoms with Crippen molar-refractivity contribution in [3.05, 3.63) is 22.7 Å². The van der Waals surface area contributed by atoms with Gasteiger partial charge in [0.15, 0.2) is 0 Å². The molecular formula is C10H11F3N4S. The van der Waals surface area contributed by atoms with E-state index in [1.54, 1.807) is 0 Å². The standard InChI is InChI=1S/C10H11F3N4S/c11-10(12,13)8-15-16-9(18)17(8)14-6-7-4-2-1-3-5-7/h1-2,6-7H,3-5H2,(H,16,18)/b14-6-/t7-/m1/s1. The molecule has 2 rings (SSSR count). The van der Waals surface area contributed by atoms with Gasteiger partial charge in [-0.25, -0.2) is 5.10 Å². The summed E-state index contributed by atoms with van der Waals surface area (Å²) in [5.74, 6) is -0.983. The number of halogens is 3. The van der Waals surface area contributed by atoms with Gasteiger partial charge in [0.1, 0.15) is 0 Å². The van der Waals surface area contributed by atoms with Crippen LogP contribution in [0, 0.1) is 10.7 Å². The van der Waals surface area contributed by atoms with Crippen molar-refractivity contribution >= 4 is 18.4 Å². The number of aromatic nitrogens is 3. The molecule has 0 saturated carbocycles. The van der Waals surface area contributed by atoms with E-state index in [1.165, 1.54) is 6.21 Å². The largest absolute Gasteiger partial charge is 0.453 e. The molecule has 0 saturated heterocycles. The van der Waals surface area contributed by atoms with Gasteiger partial charge in [-0.05, 0) is 37.4 Å². The fourth-order valence-electron chi connectivity index (χ4n) is 1.70. The molecule has 0 amide bonds. The molecule has 1 heterocycles. The summed E-state index contributed by atoms with van der Waals surface area (Å²) in [4.78, 5) is 0. The summed E-state index contributed by atoms with van der Waals surface area (Å²) in [6.45, 7) is 0. The molecule has 1 atom stereocenters. The average Bonchev–Trinajstić information content (AvgIpc) is 2.69. The lowest BCUT2D eigenvalue weighted by atomic mass is 9.96. The maximum absolute atomic E-state index is 12.6. The SMILES string of the molecule is FC(F)(F)c1n[nH]c(=S)n1/N=C\[C@@H]1CC=CCC1. The second kappa shape index (κ2) is 5.05. The number of allylic oxidation sites excluding steroid dienone is 2. The number of H-pyrrole nitrogens is 1. The molecule has 0 spiro atoms. The summed E-state index contributed by atoms with van der Waals surface area (Å²) < 4.78 is 38.2. The minimum Gasteiger partial charge on any atom is -0.250 e. The monoisotopic (exact) mass is 276 g/mol. The van der Waals surface area contributed by atoms with E-state index in [1.807, 2.05) is 6.08 Å². The number of rotatable bonds is 2. The first-order valence-corrected chi connectivity index (χ1v) is 5.83. The van der Waals surface area contributed by atoms with Crippen molar-refractivity contribution in [2.45, 2.75) is 25.4 Å². The van der Waals surface area contributed by atoms with Crippen molar-refractivity contribution in [3.63, 3.8) is 0 Å². The zero-order valence-electron chi connectivity index (χ0n) is 9.31. The van der Waals surface area contributed by atoms with Crippen LogP contribution >= 0.6 is 12.2 Å². The molecule has 8 heteroatoms. The quantitative estimate of drug-likeness (QED) is 0.512. The summed E-state index contributed by atoms with van der Waals surface area (Å²) in [5, 5.41) is 9.04. The smallest absolute Gasteiger partial charge is 0.250 e. The van der Waals surface area contributed by atoms with Crippen molar-refractivity contribution in [3.8, 4) is 0 Å². The van der Waals surface area contributed by atoms with E-state index in [4.69, 9.17) is 12.2 Å². The zero-order chi connectivity index (χ0) is 13.2. The summed E-state index contributed by atoms with van der Waals surface area (Å²) in [7, 11) is 0. The summed E-state index contributed by atoms with van der Waals surface area (Å²) >= 11 is 4.73. The Kier molecular flexibility index (Phi) is 3.65. The molecular weight excluding hydrogens is 265 g/mol. The lowest BCUT2D eigenvalue weighted by molar-refractivity contribution is -0.147. The Morgan fingerprint density at radius 2 is 2.28 bits per heavy atom. The number of nitrogens with zero attached hydrogens (tertiary/aromatic N) is 3. The first-order valence-electron chi connectivity index (χ1n) is 5.42. The van der Waals surface area contributed by atoms with Crippen LogP contribution in [-0.4, -0.2) is 21.1 Å². The van der Waals surface area contributed by atoms with Gasteiger partial charge in [0.05, 0.1) is 0 Å². The highest BCUT2D eigenvalue weighted by atomic mass is 32.1. The molecule has 1 aliphatic rings. The molecule has 98 valence electrons. The Morgan fingerprint density at radius 3 is 2.89 bits per heavy atom. The van der Waals surface area contributed by atoms with Gasteiger partial charge in [-0.1, -0.05) is 12.2 Å². The molecule has 4 nitrogen and oxygen atoms in total. The second-order valence-corrected chi connectivity index (χ2v) is 4.36. The molecule has 1 aromatic heterocycles. The minimum atomic E-state index is -4.57. The maximum atomic E-state index is 12.6. The summed E-state index contributed by atoms with van der Waals surface area (Å²) in [6, 6.07) is 0. The Bertz CT molecular complexity index is 526. The van der Waals surface area contributed by atoms with Crippen molar-refractivity contribution in [1.29, 1.82) is 0 Å². The predicted octanol–water partition coefficient (Wildman–Crippen LogP) is 3.15. The fourth-order valence-corrected chi connectivity index (χ4v) is 1.87. The van der Waals surface area contributed by atoms with Crippen LogP contribution < -0.4 is 0 Å². The highest BCUT2D eigenvalue weighted by Gasteiger charge is 2.37. The second-order valence-electron chi connectivity index (χ2n) is 3.97. The van der Waals surface area contributed by atoms with Crippen LogP contribution in [-0.2, 0) is 6.18 Å². The third-order valence-electron chi connectivity index (χ3n) is 2.61. The number of hydrogen-bond acceptors (Lipinski definition) is 3. The van der Waals surface area contributed by atoms with Crippen LogP contribution in [0.2, 0.25) is 0 Å². The van der Waals surface area contributed by atoms with E-state index >= 15 is 0 Å². The van der Waals surface area contributed by atoms with E-state index in [9.17, 15) is 13.2 Å². The van der Waals surface area contributed by atoms with Gasteiger partial charge in [-0.15, -0.1) is 5.10 Å². The molecule has 0 bridgehead atoms. The highest BCUT2D eigenvalue weighted by molar-refractivity contribution is 7.71. The van der Waals surface area contributed by atoms with Crippen molar-refractivity contribution < 1.29 is 13.2 Å². The van der Waals surface area contributed by atoms with E-state index in [0.29, 0.717) is 4.68 Å². The van der Waals surface area contributed by atoms with E-state index in [2.05, 4.69) is 21.4 Å². The Balaban J connectivity index is 2.23. The van der Waals surface area contributed by atoms with Crippen molar-refractivity contribution in [2.75, 3.05) is 0 Å². The number of alkyl halides is 3. The molecule has 1 aromatic rings. The van der Waals surface area contributed by atoms with Crippen LogP contribution in [0.4, 0.5) is 13.2 Å². The molecule has 0 radical (unpaired) electrons. The lowest BCUT2D eigenvalue weighted by Crippen LogP contribution is -2.14.